The first-order valence-corrected chi connectivity index (χ1v) is 4.18. The van der Waals surface area contributed by atoms with Gasteiger partial charge in [-0.15, -0.1) is 0 Å². The van der Waals surface area contributed by atoms with E-state index in [1.807, 2.05) is 19.9 Å². The Morgan fingerprint density at radius 2 is 2.25 bits per heavy atom. The molecule has 1 aliphatic rings. The lowest BCUT2D eigenvalue weighted by molar-refractivity contribution is -0.133. The summed E-state index contributed by atoms with van der Waals surface area (Å²) < 4.78 is 10.8. The number of aliphatic hydroxyl groups is 1. The molecule has 0 amide bonds. The van der Waals surface area contributed by atoms with Crippen molar-refractivity contribution in [2.75, 3.05) is 6.61 Å². The Kier molecular flexibility index (Phi) is 2.88. The van der Waals surface area contributed by atoms with Crippen LogP contribution in [-0.2, 0) is 9.47 Å². The molecule has 1 fully saturated rings. The van der Waals surface area contributed by atoms with Gasteiger partial charge in [0.25, 0.3) is 0 Å². The van der Waals surface area contributed by atoms with Crippen LogP contribution in [0.4, 0.5) is 0 Å². The van der Waals surface area contributed by atoms with Crippen molar-refractivity contribution in [1.29, 1.82) is 0 Å². The smallest absolute Gasteiger partial charge is 0.163 e. The van der Waals surface area contributed by atoms with Gasteiger partial charge in [-0.2, -0.15) is 0 Å². The first kappa shape index (κ1) is 9.71. The summed E-state index contributed by atoms with van der Waals surface area (Å²) in [6.07, 6.45) is 3.10. The Labute approximate surface area is 73.0 Å². The minimum absolute atomic E-state index is 0.0189. The maximum absolute atomic E-state index is 8.96. The lowest BCUT2D eigenvalue weighted by Gasteiger charge is -2.15. The molecule has 3 nitrogen and oxygen atoms in total. The van der Waals surface area contributed by atoms with Crippen LogP contribution >= 0.6 is 0 Å². The van der Waals surface area contributed by atoms with Crippen molar-refractivity contribution < 1.29 is 14.6 Å². The number of hydrogen-bond acceptors (Lipinski definition) is 3. The topological polar surface area (TPSA) is 38.7 Å². The standard InChI is InChI=1S/C9H16O3/c1-7(10)4-5-8-6-11-9(2,3)12-8/h4-5,7-8,10H,6H2,1-3H3/b5-4-/t7-,8-/m0/s1. The van der Waals surface area contributed by atoms with E-state index in [0.717, 1.165) is 0 Å². The fraction of sp³-hybridized carbons (Fsp3) is 0.778. The van der Waals surface area contributed by atoms with Crippen LogP contribution in [0.3, 0.4) is 0 Å². The Bertz CT molecular complexity index is 173. The molecular formula is C9H16O3. The van der Waals surface area contributed by atoms with E-state index in [1.54, 1.807) is 13.0 Å². The third kappa shape index (κ3) is 2.93. The van der Waals surface area contributed by atoms with E-state index in [0.29, 0.717) is 6.61 Å². The molecule has 0 aromatic heterocycles. The number of ether oxygens (including phenoxy) is 2. The summed E-state index contributed by atoms with van der Waals surface area (Å²) in [6.45, 7) is 6.03. The fourth-order valence-corrected chi connectivity index (χ4v) is 1.09. The van der Waals surface area contributed by atoms with Crippen molar-refractivity contribution in [2.45, 2.75) is 38.8 Å². The zero-order valence-electron chi connectivity index (χ0n) is 7.78. The summed E-state index contributed by atoms with van der Waals surface area (Å²) in [4.78, 5) is 0. The van der Waals surface area contributed by atoms with Gasteiger partial charge in [0.1, 0.15) is 6.10 Å². The van der Waals surface area contributed by atoms with Gasteiger partial charge in [-0.3, -0.25) is 0 Å². The lowest BCUT2D eigenvalue weighted by atomic mass is 10.3. The molecule has 1 rings (SSSR count). The molecule has 0 radical (unpaired) electrons. The molecule has 0 saturated carbocycles. The molecule has 3 heteroatoms. The monoisotopic (exact) mass is 172 g/mol. The van der Waals surface area contributed by atoms with E-state index < -0.39 is 11.9 Å². The maximum atomic E-state index is 8.96. The second-order valence-electron chi connectivity index (χ2n) is 3.49. The van der Waals surface area contributed by atoms with Gasteiger partial charge in [0, 0.05) is 0 Å². The second kappa shape index (κ2) is 3.56. The summed E-state index contributed by atoms with van der Waals surface area (Å²) in [6, 6.07) is 0. The first-order valence-electron chi connectivity index (χ1n) is 4.18. The van der Waals surface area contributed by atoms with Gasteiger partial charge in [0.2, 0.25) is 0 Å². The summed E-state index contributed by atoms with van der Waals surface area (Å²) in [7, 11) is 0. The summed E-state index contributed by atoms with van der Waals surface area (Å²) >= 11 is 0. The molecule has 1 aliphatic heterocycles. The lowest BCUT2D eigenvalue weighted by Crippen LogP contribution is -2.20. The number of rotatable bonds is 2. The molecular weight excluding hydrogens is 156 g/mol. The van der Waals surface area contributed by atoms with Gasteiger partial charge in [-0.1, -0.05) is 12.2 Å². The van der Waals surface area contributed by atoms with Crippen molar-refractivity contribution in [3.8, 4) is 0 Å². The highest BCUT2D eigenvalue weighted by atomic mass is 16.7. The van der Waals surface area contributed by atoms with E-state index in [4.69, 9.17) is 14.6 Å². The average molecular weight is 172 g/mol. The molecule has 0 aromatic carbocycles. The van der Waals surface area contributed by atoms with E-state index in [2.05, 4.69) is 0 Å². The van der Waals surface area contributed by atoms with Crippen LogP contribution in [0.25, 0.3) is 0 Å². The van der Waals surface area contributed by atoms with E-state index in [-0.39, 0.29) is 6.10 Å². The zero-order valence-corrected chi connectivity index (χ0v) is 7.78. The van der Waals surface area contributed by atoms with E-state index >= 15 is 0 Å². The van der Waals surface area contributed by atoms with Gasteiger partial charge >= 0.3 is 0 Å². The molecule has 12 heavy (non-hydrogen) atoms. The van der Waals surface area contributed by atoms with Crippen molar-refractivity contribution in [1.82, 2.24) is 0 Å². The van der Waals surface area contributed by atoms with Gasteiger partial charge in [-0.05, 0) is 20.8 Å². The third-order valence-electron chi connectivity index (χ3n) is 1.63. The quantitative estimate of drug-likeness (QED) is 0.633. The Morgan fingerprint density at radius 3 is 2.67 bits per heavy atom. The number of hydrogen-bond donors (Lipinski definition) is 1. The van der Waals surface area contributed by atoms with Gasteiger partial charge in [0.05, 0.1) is 12.7 Å². The molecule has 2 atom stereocenters. The largest absolute Gasteiger partial charge is 0.389 e. The van der Waals surface area contributed by atoms with Crippen LogP contribution in [0.1, 0.15) is 20.8 Å². The maximum Gasteiger partial charge on any atom is 0.163 e. The Morgan fingerprint density at radius 1 is 1.58 bits per heavy atom. The summed E-state index contributed by atoms with van der Waals surface area (Å²) in [5, 5.41) is 8.96. The van der Waals surface area contributed by atoms with Crippen molar-refractivity contribution in [3.63, 3.8) is 0 Å². The summed E-state index contributed by atoms with van der Waals surface area (Å²) in [5.41, 5.74) is 0. The van der Waals surface area contributed by atoms with Crippen LogP contribution in [0, 0.1) is 0 Å². The van der Waals surface area contributed by atoms with Crippen molar-refractivity contribution >= 4 is 0 Å². The van der Waals surface area contributed by atoms with Gasteiger partial charge < -0.3 is 14.6 Å². The van der Waals surface area contributed by atoms with Crippen LogP contribution in [-0.4, -0.2) is 29.7 Å². The van der Waals surface area contributed by atoms with Crippen LogP contribution in [0.5, 0.6) is 0 Å². The molecule has 1 N–H and O–H groups in total. The third-order valence-corrected chi connectivity index (χ3v) is 1.63. The van der Waals surface area contributed by atoms with E-state index in [9.17, 15) is 0 Å². The molecule has 0 bridgehead atoms. The minimum atomic E-state index is -0.478. The van der Waals surface area contributed by atoms with Crippen molar-refractivity contribution in [3.05, 3.63) is 12.2 Å². The molecule has 1 heterocycles. The highest BCUT2D eigenvalue weighted by molar-refractivity contribution is 4.95. The highest BCUT2D eigenvalue weighted by Crippen LogP contribution is 2.22. The Balaban J connectivity index is 2.38. The van der Waals surface area contributed by atoms with Gasteiger partial charge in [-0.25, -0.2) is 0 Å². The van der Waals surface area contributed by atoms with Crippen LogP contribution < -0.4 is 0 Å². The minimum Gasteiger partial charge on any atom is -0.389 e. The normalized spacial score (nSPS) is 31.2. The van der Waals surface area contributed by atoms with Gasteiger partial charge in [0.15, 0.2) is 5.79 Å². The second-order valence-corrected chi connectivity index (χ2v) is 3.49. The zero-order chi connectivity index (χ0) is 9.19. The predicted molar refractivity (Wildman–Crippen MR) is 45.7 cm³/mol. The Hall–Kier alpha value is -0.380. The first-order chi connectivity index (χ1) is 5.49. The number of aliphatic hydroxyl groups excluding tert-OH is 1. The van der Waals surface area contributed by atoms with E-state index in [1.165, 1.54) is 0 Å². The van der Waals surface area contributed by atoms with Crippen molar-refractivity contribution in [2.24, 2.45) is 0 Å². The van der Waals surface area contributed by atoms with Crippen LogP contribution in [0.15, 0.2) is 12.2 Å². The molecule has 70 valence electrons. The predicted octanol–water partition coefficient (Wildman–Crippen LogP) is 1.07. The van der Waals surface area contributed by atoms with Crippen LogP contribution in [0.2, 0.25) is 0 Å². The molecule has 1 saturated heterocycles. The highest BCUT2D eigenvalue weighted by Gasteiger charge is 2.30. The fourth-order valence-electron chi connectivity index (χ4n) is 1.09. The average Bonchev–Trinajstić information content (AvgIpc) is 2.26. The molecule has 0 spiro atoms. The molecule has 0 unspecified atom stereocenters. The summed E-state index contributed by atoms with van der Waals surface area (Å²) in [5.74, 6) is -0.478. The SMILES string of the molecule is C[C@H](O)/C=C\[C@H]1COC(C)(C)O1. The molecule has 0 aromatic rings. The molecule has 0 aliphatic carbocycles.